The Bertz CT molecular complexity index is 540. The average Bonchev–Trinajstić information content (AvgIpc) is 2.38. The summed E-state index contributed by atoms with van der Waals surface area (Å²) in [6, 6.07) is 4.32. The van der Waals surface area contributed by atoms with Crippen LogP contribution in [0.4, 0.5) is 11.4 Å². The minimum atomic E-state index is -1.17. The number of amides is 2. The van der Waals surface area contributed by atoms with Crippen molar-refractivity contribution in [1.29, 1.82) is 0 Å². The van der Waals surface area contributed by atoms with Gasteiger partial charge in [0.15, 0.2) is 0 Å². The maximum absolute atomic E-state index is 11.8. The normalized spacial score (nSPS) is 11.6. The molecule has 108 valence electrons. The van der Waals surface area contributed by atoms with Crippen molar-refractivity contribution in [3.8, 4) is 0 Å². The van der Waals surface area contributed by atoms with E-state index < -0.39 is 5.97 Å². The van der Waals surface area contributed by atoms with Crippen LogP contribution in [-0.2, 0) is 9.59 Å². The lowest BCUT2D eigenvalue weighted by Gasteiger charge is -2.13. The Kier molecular flexibility index (Phi) is 5.25. The molecule has 0 radical (unpaired) electrons. The fourth-order valence-electron chi connectivity index (χ4n) is 1.55. The molecule has 0 aliphatic heterocycles. The zero-order chi connectivity index (χ0) is 15.3. The van der Waals surface area contributed by atoms with Crippen molar-refractivity contribution in [2.75, 3.05) is 10.6 Å². The number of rotatable bonds is 5. The second-order valence-electron chi connectivity index (χ2n) is 4.55. The van der Waals surface area contributed by atoms with Gasteiger partial charge in [0.2, 0.25) is 11.8 Å². The number of nitrogens with one attached hydrogen (secondary N) is 2. The van der Waals surface area contributed by atoms with Gasteiger partial charge in [-0.1, -0.05) is 13.8 Å². The molecule has 6 heteroatoms. The van der Waals surface area contributed by atoms with E-state index in [4.69, 9.17) is 5.11 Å². The van der Waals surface area contributed by atoms with Gasteiger partial charge in [0.1, 0.15) is 0 Å². The molecule has 0 bridgehead atoms. The molecule has 20 heavy (non-hydrogen) atoms. The molecule has 0 aliphatic rings. The standard InChI is InChI=1S/C14H18N2O4/c1-4-8(2)13(18)16-12-6-5-10(15-9(3)17)7-11(12)14(19)20/h5-8H,4H2,1-3H3,(H,15,17)(H,16,18)(H,19,20). The van der Waals surface area contributed by atoms with Gasteiger partial charge in [0.05, 0.1) is 11.3 Å². The van der Waals surface area contributed by atoms with Crippen molar-refractivity contribution in [3.05, 3.63) is 23.8 Å². The number of aromatic carboxylic acids is 1. The van der Waals surface area contributed by atoms with Crippen LogP contribution in [0.5, 0.6) is 0 Å². The van der Waals surface area contributed by atoms with E-state index in [9.17, 15) is 14.4 Å². The first-order valence-corrected chi connectivity index (χ1v) is 6.31. The summed E-state index contributed by atoms with van der Waals surface area (Å²) < 4.78 is 0. The van der Waals surface area contributed by atoms with Crippen molar-refractivity contribution >= 4 is 29.2 Å². The second kappa shape index (κ2) is 6.70. The molecule has 0 fully saturated rings. The van der Waals surface area contributed by atoms with Gasteiger partial charge < -0.3 is 15.7 Å². The zero-order valence-electron chi connectivity index (χ0n) is 11.7. The maximum Gasteiger partial charge on any atom is 0.337 e. The Labute approximate surface area is 117 Å². The third kappa shape index (κ3) is 4.08. The molecule has 0 saturated heterocycles. The van der Waals surface area contributed by atoms with Crippen LogP contribution in [0.25, 0.3) is 0 Å². The monoisotopic (exact) mass is 278 g/mol. The van der Waals surface area contributed by atoms with Crippen molar-refractivity contribution in [2.45, 2.75) is 27.2 Å². The van der Waals surface area contributed by atoms with E-state index in [1.165, 1.54) is 19.1 Å². The van der Waals surface area contributed by atoms with Gasteiger partial charge in [-0.2, -0.15) is 0 Å². The fraction of sp³-hybridized carbons (Fsp3) is 0.357. The third-order valence-electron chi connectivity index (χ3n) is 2.89. The Morgan fingerprint density at radius 3 is 2.40 bits per heavy atom. The average molecular weight is 278 g/mol. The summed E-state index contributed by atoms with van der Waals surface area (Å²) in [6.45, 7) is 4.97. The van der Waals surface area contributed by atoms with Gasteiger partial charge in [-0.05, 0) is 24.6 Å². The molecular weight excluding hydrogens is 260 g/mol. The highest BCUT2D eigenvalue weighted by atomic mass is 16.4. The highest BCUT2D eigenvalue weighted by molar-refractivity contribution is 6.02. The maximum atomic E-state index is 11.8. The fourth-order valence-corrected chi connectivity index (χ4v) is 1.55. The molecule has 0 spiro atoms. The molecule has 0 aliphatic carbocycles. The molecule has 1 unspecified atom stereocenters. The third-order valence-corrected chi connectivity index (χ3v) is 2.89. The van der Waals surface area contributed by atoms with Gasteiger partial charge >= 0.3 is 5.97 Å². The van der Waals surface area contributed by atoms with Gasteiger partial charge in [-0.25, -0.2) is 4.79 Å². The van der Waals surface area contributed by atoms with Crippen LogP contribution >= 0.6 is 0 Å². The van der Waals surface area contributed by atoms with E-state index in [2.05, 4.69) is 10.6 Å². The van der Waals surface area contributed by atoms with Gasteiger partial charge in [-0.3, -0.25) is 9.59 Å². The minimum absolute atomic E-state index is 0.0621. The number of carboxylic acid groups (broad SMARTS) is 1. The van der Waals surface area contributed by atoms with E-state index in [0.717, 1.165) is 0 Å². The summed E-state index contributed by atoms with van der Waals surface area (Å²) in [6.07, 6.45) is 0.665. The van der Waals surface area contributed by atoms with Crippen LogP contribution in [0.1, 0.15) is 37.6 Å². The lowest BCUT2D eigenvalue weighted by atomic mass is 10.1. The summed E-state index contributed by atoms with van der Waals surface area (Å²) in [5, 5.41) is 14.3. The topological polar surface area (TPSA) is 95.5 Å². The van der Waals surface area contributed by atoms with Crippen LogP contribution in [0.2, 0.25) is 0 Å². The van der Waals surface area contributed by atoms with Crippen LogP contribution < -0.4 is 10.6 Å². The van der Waals surface area contributed by atoms with Crippen molar-refractivity contribution in [2.24, 2.45) is 5.92 Å². The van der Waals surface area contributed by atoms with E-state index in [1.54, 1.807) is 13.0 Å². The van der Waals surface area contributed by atoms with E-state index >= 15 is 0 Å². The van der Waals surface area contributed by atoms with Gasteiger partial charge in [0.25, 0.3) is 0 Å². The molecule has 1 aromatic rings. The Morgan fingerprint density at radius 2 is 1.90 bits per heavy atom. The number of carbonyl (C=O) groups is 3. The van der Waals surface area contributed by atoms with Crippen LogP contribution in [0.15, 0.2) is 18.2 Å². The summed E-state index contributed by atoms with van der Waals surface area (Å²) in [5.74, 6) is -1.90. The smallest absolute Gasteiger partial charge is 0.337 e. The molecule has 0 aromatic heterocycles. The van der Waals surface area contributed by atoms with Crippen LogP contribution in [0, 0.1) is 5.92 Å². The SMILES string of the molecule is CCC(C)C(=O)Nc1ccc(NC(C)=O)cc1C(=O)O. The highest BCUT2D eigenvalue weighted by Gasteiger charge is 2.16. The molecular formula is C14H18N2O4. The number of hydrogen-bond acceptors (Lipinski definition) is 3. The first-order chi connectivity index (χ1) is 9.35. The lowest BCUT2D eigenvalue weighted by molar-refractivity contribution is -0.119. The van der Waals surface area contributed by atoms with Gasteiger partial charge in [-0.15, -0.1) is 0 Å². The number of carbonyl (C=O) groups excluding carboxylic acids is 2. The molecule has 1 aromatic carbocycles. The summed E-state index contributed by atoms with van der Waals surface area (Å²) in [5.41, 5.74) is 0.529. The Morgan fingerprint density at radius 1 is 1.25 bits per heavy atom. The number of carboxylic acids is 1. The summed E-state index contributed by atoms with van der Waals surface area (Å²) >= 11 is 0. The molecule has 0 saturated carbocycles. The van der Waals surface area contributed by atoms with E-state index in [0.29, 0.717) is 12.1 Å². The van der Waals surface area contributed by atoms with Crippen molar-refractivity contribution < 1.29 is 19.5 Å². The van der Waals surface area contributed by atoms with Crippen LogP contribution in [0.3, 0.4) is 0 Å². The van der Waals surface area contributed by atoms with Gasteiger partial charge in [0, 0.05) is 18.5 Å². The first-order valence-electron chi connectivity index (χ1n) is 6.31. The van der Waals surface area contributed by atoms with E-state index in [-0.39, 0.29) is 29.0 Å². The number of benzene rings is 1. The van der Waals surface area contributed by atoms with Crippen molar-refractivity contribution in [3.63, 3.8) is 0 Å². The molecule has 3 N–H and O–H groups in total. The molecule has 2 amide bonds. The Balaban J connectivity index is 3.04. The van der Waals surface area contributed by atoms with Crippen molar-refractivity contribution in [1.82, 2.24) is 0 Å². The lowest BCUT2D eigenvalue weighted by Crippen LogP contribution is -2.21. The number of anilines is 2. The highest BCUT2D eigenvalue weighted by Crippen LogP contribution is 2.21. The second-order valence-corrected chi connectivity index (χ2v) is 4.55. The first kappa shape index (κ1) is 15.7. The number of hydrogen-bond donors (Lipinski definition) is 3. The molecule has 1 rings (SSSR count). The van der Waals surface area contributed by atoms with Crippen LogP contribution in [-0.4, -0.2) is 22.9 Å². The van der Waals surface area contributed by atoms with E-state index in [1.807, 2.05) is 6.92 Å². The molecule has 0 heterocycles. The predicted octanol–water partition coefficient (Wildman–Crippen LogP) is 2.33. The quantitative estimate of drug-likeness (QED) is 0.770. The largest absolute Gasteiger partial charge is 0.478 e. The molecule has 6 nitrogen and oxygen atoms in total. The minimum Gasteiger partial charge on any atom is -0.478 e. The molecule has 1 atom stereocenters. The summed E-state index contributed by atoms with van der Waals surface area (Å²) in [4.78, 5) is 34.0. The predicted molar refractivity (Wildman–Crippen MR) is 75.8 cm³/mol. The summed E-state index contributed by atoms with van der Waals surface area (Å²) in [7, 11) is 0. The zero-order valence-corrected chi connectivity index (χ0v) is 11.7. The Hall–Kier alpha value is -2.37.